The van der Waals surface area contributed by atoms with Gasteiger partial charge in [0.1, 0.15) is 5.75 Å². The van der Waals surface area contributed by atoms with Crippen LogP contribution in [-0.4, -0.2) is 19.6 Å². The minimum atomic E-state index is -3.38. The van der Waals surface area contributed by atoms with E-state index in [-0.39, 0.29) is 11.8 Å². The largest absolute Gasteiger partial charge is 0.508 e. The molecule has 0 bridgehead atoms. The molecule has 2 aromatic rings. The zero-order chi connectivity index (χ0) is 14.9. The lowest BCUT2D eigenvalue weighted by molar-refractivity contribution is 0.475. The molecule has 2 aromatic carbocycles. The van der Waals surface area contributed by atoms with Gasteiger partial charge >= 0.3 is 0 Å². The summed E-state index contributed by atoms with van der Waals surface area (Å²) < 4.78 is 26.7. The van der Waals surface area contributed by atoms with Gasteiger partial charge in [0.15, 0.2) is 0 Å². The van der Waals surface area contributed by atoms with E-state index in [1.807, 2.05) is 12.1 Å². The summed E-state index contributed by atoms with van der Waals surface area (Å²) in [7, 11) is -3.38. The Kier molecular flexibility index (Phi) is 3.93. The normalized spacial score (nSPS) is 15.0. The molecule has 1 saturated carbocycles. The van der Waals surface area contributed by atoms with Crippen molar-refractivity contribution in [3.8, 4) is 5.75 Å². The van der Waals surface area contributed by atoms with E-state index in [4.69, 9.17) is 0 Å². The standard InChI is InChI=1S/C15H15NO3S2/c17-12-3-5-13(6-4-12)20-14-7-9-15(10-8-14)21(18,19)16-11-1-2-11/h3-11,16-17H,1-2H2. The monoisotopic (exact) mass is 321 g/mol. The second-order valence-electron chi connectivity index (χ2n) is 4.96. The Morgan fingerprint density at radius 2 is 1.48 bits per heavy atom. The van der Waals surface area contributed by atoms with Crippen LogP contribution in [-0.2, 0) is 10.0 Å². The molecule has 0 atom stereocenters. The molecular weight excluding hydrogens is 306 g/mol. The lowest BCUT2D eigenvalue weighted by Crippen LogP contribution is -2.25. The molecule has 0 aliphatic heterocycles. The highest BCUT2D eigenvalue weighted by molar-refractivity contribution is 7.99. The zero-order valence-electron chi connectivity index (χ0n) is 11.2. The average molecular weight is 321 g/mol. The van der Waals surface area contributed by atoms with E-state index in [0.717, 1.165) is 22.6 Å². The molecule has 0 spiro atoms. The number of aromatic hydroxyl groups is 1. The number of rotatable bonds is 5. The molecule has 0 amide bonds. The highest BCUT2D eigenvalue weighted by Crippen LogP contribution is 2.30. The minimum Gasteiger partial charge on any atom is -0.508 e. The molecule has 6 heteroatoms. The van der Waals surface area contributed by atoms with Gasteiger partial charge in [-0.05, 0) is 61.4 Å². The van der Waals surface area contributed by atoms with Gasteiger partial charge in [0, 0.05) is 15.8 Å². The lowest BCUT2D eigenvalue weighted by Gasteiger charge is -2.06. The van der Waals surface area contributed by atoms with Crippen molar-refractivity contribution in [2.24, 2.45) is 0 Å². The summed E-state index contributed by atoms with van der Waals surface area (Å²) in [4.78, 5) is 2.23. The van der Waals surface area contributed by atoms with Gasteiger partial charge in [0.05, 0.1) is 4.90 Å². The lowest BCUT2D eigenvalue weighted by atomic mass is 10.3. The second-order valence-corrected chi connectivity index (χ2v) is 7.82. The van der Waals surface area contributed by atoms with Crippen LogP contribution in [0.4, 0.5) is 0 Å². The van der Waals surface area contributed by atoms with E-state index in [1.165, 1.54) is 11.8 Å². The third kappa shape index (κ3) is 3.78. The Morgan fingerprint density at radius 1 is 0.952 bits per heavy atom. The fourth-order valence-electron chi connectivity index (χ4n) is 1.83. The number of hydrogen-bond acceptors (Lipinski definition) is 4. The van der Waals surface area contributed by atoms with E-state index in [2.05, 4.69) is 4.72 Å². The number of benzene rings is 2. The van der Waals surface area contributed by atoms with Crippen LogP contribution >= 0.6 is 11.8 Å². The van der Waals surface area contributed by atoms with Gasteiger partial charge in [-0.25, -0.2) is 13.1 Å². The van der Waals surface area contributed by atoms with Crippen LogP contribution in [0.2, 0.25) is 0 Å². The Balaban J connectivity index is 1.72. The summed E-state index contributed by atoms with van der Waals surface area (Å²) in [5.74, 6) is 0.229. The van der Waals surface area contributed by atoms with Crippen molar-refractivity contribution in [2.45, 2.75) is 33.6 Å². The first-order chi connectivity index (χ1) is 10.0. The quantitative estimate of drug-likeness (QED) is 0.888. The van der Waals surface area contributed by atoms with Gasteiger partial charge < -0.3 is 5.11 Å². The SMILES string of the molecule is O=S(=O)(NC1CC1)c1ccc(Sc2ccc(O)cc2)cc1. The predicted octanol–water partition coefficient (Wildman–Crippen LogP) is 2.98. The first-order valence-electron chi connectivity index (χ1n) is 6.62. The van der Waals surface area contributed by atoms with Crippen molar-refractivity contribution in [2.75, 3.05) is 0 Å². The topological polar surface area (TPSA) is 66.4 Å². The van der Waals surface area contributed by atoms with Crippen molar-refractivity contribution in [1.29, 1.82) is 0 Å². The van der Waals surface area contributed by atoms with Gasteiger partial charge in [0.2, 0.25) is 10.0 Å². The summed E-state index contributed by atoms with van der Waals surface area (Å²) in [5.41, 5.74) is 0. The van der Waals surface area contributed by atoms with Crippen molar-refractivity contribution >= 4 is 21.8 Å². The van der Waals surface area contributed by atoms with E-state index in [9.17, 15) is 13.5 Å². The maximum Gasteiger partial charge on any atom is 0.240 e. The molecule has 1 aliphatic carbocycles. The van der Waals surface area contributed by atoms with E-state index in [1.54, 1.807) is 36.4 Å². The highest BCUT2D eigenvalue weighted by Gasteiger charge is 2.27. The van der Waals surface area contributed by atoms with Crippen LogP contribution in [0.25, 0.3) is 0 Å². The smallest absolute Gasteiger partial charge is 0.240 e. The summed E-state index contributed by atoms with van der Waals surface area (Å²) in [6, 6.07) is 13.8. The molecule has 0 heterocycles. The van der Waals surface area contributed by atoms with Crippen LogP contribution < -0.4 is 4.72 Å². The first kappa shape index (κ1) is 14.4. The summed E-state index contributed by atoms with van der Waals surface area (Å²) >= 11 is 1.52. The molecule has 0 radical (unpaired) electrons. The molecule has 21 heavy (non-hydrogen) atoms. The number of phenolic OH excluding ortho intramolecular Hbond substituents is 1. The maximum atomic E-state index is 12.0. The van der Waals surface area contributed by atoms with Crippen molar-refractivity contribution in [1.82, 2.24) is 4.72 Å². The van der Waals surface area contributed by atoms with Crippen LogP contribution in [0.1, 0.15) is 12.8 Å². The average Bonchev–Trinajstić information content (AvgIpc) is 3.25. The summed E-state index contributed by atoms with van der Waals surface area (Å²) in [6.07, 6.45) is 1.85. The Labute approximate surface area is 128 Å². The molecule has 2 N–H and O–H groups in total. The number of phenols is 1. The second kappa shape index (κ2) is 5.71. The Bertz CT molecular complexity index is 721. The van der Waals surface area contributed by atoms with E-state index >= 15 is 0 Å². The van der Waals surface area contributed by atoms with E-state index in [0.29, 0.717) is 4.90 Å². The van der Waals surface area contributed by atoms with Crippen LogP contribution in [0, 0.1) is 0 Å². The Hall–Kier alpha value is -1.50. The number of hydrogen-bond donors (Lipinski definition) is 2. The van der Waals surface area contributed by atoms with Gasteiger partial charge in [-0.3, -0.25) is 0 Å². The van der Waals surface area contributed by atoms with Gasteiger partial charge in [-0.2, -0.15) is 0 Å². The highest BCUT2D eigenvalue weighted by atomic mass is 32.2. The summed E-state index contributed by atoms with van der Waals surface area (Å²) in [6.45, 7) is 0. The molecule has 1 aliphatic rings. The van der Waals surface area contributed by atoms with Gasteiger partial charge in [-0.1, -0.05) is 11.8 Å². The molecule has 110 valence electrons. The van der Waals surface area contributed by atoms with Crippen LogP contribution in [0.5, 0.6) is 5.75 Å². The summed E-state index contributed by atoms with van der Waals surface area (Å²) in [5, 5.41) is 9.24. The maximum absolute atomic E-state index is 12.0. The molecule has 1 fully saturated rings. The van der Waals surface area contributed by atoms with Crippen molar-refractivity contribution in [3.05, 3.63) is 48.5 Å². The number of nitrogens with one attached hydrogen (secondary N) is 1. The van der Waals surface area contributed by atoms with Gasteiger partial charge in [0.25, 0.3) is 0 Å². The number of sulfonamides is 1. The molecule has 0 unspecified atom stereocenters. The van der Waals surface area contributed by atoms with Crippen molar-refractivity contribution in [3.63, 3.8) is 0 Å². The molecule has 4 nitrogen and oxygen atoms in total. The van der Waals surface area contributed by atoms with Crippen LogP contribution in [0.15, 0.2) is 63.2 Å². The third-order valence-electron chi connectivity index (χ3n) is 3.11. The van der Waals surface area contributed by atoms with E-state index < -0.39 is 10.0 Å². The minimum absolute atomic E-state index is 0.112. The fourth-order valence-corrected chi connectivity index (χ4v) is 3.95. The molecule has 0 saturated heterocycles. The first-order valence-corrected chi connectivity index (χ1v) is 8.92. The van der Waals surface area contributed by atoms with Crippen LogP contribution in [0.3, 0.4) is 0 Å². The Morgan fingerprint density at radius 3 is 2.00 bits per heavy atom. The molecule has 0 aromatic heterocycles. The zero-order valence-corrected chi connectivity index (χ0v) is 12.8. The van der Waals surface area contributed by atoms with Gasteiger partial charge in [-0.15, -0.1) is 0 Å². The molecule has 3 rings (SSSR count). The fraction of sp³-hybridized carbons (Fsp3) is 0.200. The third-order valence-corrected chi connectivity index (χ3v) is 5.66. The predicted molar refractivity (Wildman–Crippen MR) is 82.0 cm³/mol. The molecular formula is C15H15NO3S2. The van der Waals surface area contributed by atoms with Crippen molar-refractivity contribution < 1.29 is 13.5 Å².